The van der Waals surface area contributed by atoms with Crippen molar-refractivity contribution in [3.8, 4) is 17.2 Å². The highest BCUT2D eigenvalue weighted by Crippen LogP contribution is 2.40. The molecule has 0 bridgehead atoms. The Kier molecular flexibility index (Phi) is 5.79. The molecule has 1 heterocycles. The third-order valence-corrected chi connectivity index (χ3v) is 4.16. The van der Waals surface area contributed by atoms with E-state index in [1.54, 1.807) is 31.4 Å². The van der Waals surface area contributed by atoms with Gasteiger partial charge in [-0.05, 0) is 36.8 Å². The molecule has 2 aromatic carbocycles. The summed E-state index contributed by atoms with van der Waals surface area (Å²) in [5, 5.41) is 0. The highest BCUT2D eigenvalue weighted by molar-refractivity contribution is 6.11. The Morgan fingerprint density at radius 1 is 0.893 bits per heavy atom. The van der Waals surface area contributed by atoms with Crippen LogP contribution in [0.2, 0.25) is 0 Å². The molecule has 2 aromatic rings. The van der Waals surface area contributed by atoms with Crippen molar-refractivity contribution in [2.45, 2.75) is 6.92 Å². The molecule has 0 radical (unpaired) electrons. The fraction of sp³-hybridized carbons (Fsp3) is 0.182. The minimum Gasteiger partial charge on any atom is -0.493 e. The van der Waals surface area contributed by atoms with Crippen molar-refractivity contribution < 1.29 is 23.7 Å². The Bertz CT molecular complexity index is 971. The second-order valence-corrected chi connectivity index (χ2v) is 6.04. The molecule has 0 fully saturated rings. The number of carbonyl (C=O) groups is 1. The van der Waals surface area contributed by atoms with Crippen LogP contribution in [0.1, 0.15) is 16.7 Å². The van der Waals surface area contributed by atoms with Crippen LogP contribution in [0, 0.1) is 6.92 Å². The third-order valence-electron chi connectivity index (χ3n) is 4.16. The predicted octanol–water partition coefficient (Wildman–Crippen LogP) is 4.03. The number of esters is 1. The molecule has 144 valence electrons. The second-order valence-electron chi connectivity index (χ2n) is 6.04. The van der Waals surface area contributed by atoms with E-state index in [0.717, 1.165) is 5.56 Å². The molecule has 3 rings (SSSR count). The van der Waals surface area contributed by atoms with Crippen molar-refractivity contribution in [3.05, 3.63) is 64.9 Å². The summed E-state index contributed by atoms with van der Waals surface area (Å²) in [6.07, 6.45) is 5.09. The zero-order valence-corrected chi connectivity index (χ0v) is 16.2. The van der Waals surface area contributed by atoms with Gasteiger partial charge in [-0.3, -0.25) is 0 Å². The molecule has 0 N–H and O–H groups in total. The third kappa shape index (κ3) is 4.06. The lowest BCUT2D eigenvalue weighted by atomic mass is 10.1. The minimum absolute atomic E-state index is 0.175. The Morgan fingerprint density at radius 2 is 1.61 bits per heavy atom. The summed E-state index contributed by atoms with van der Waals surface area (Å²) < 4.78 is 21.3. The standard InChI is InChI=1S/C22H21NO5/c1-14-5-7-15(8-6-14)9-12-19-23-17(22(24)28-19)13-16-10-11-18(25-2)21(27-4)20(16)26-3/h5-13H,1-4H3/b12-9+,17-13-. The summed E-state index contributed by atoms with van der Waals surface area (Å²) >= 11 is 0. The number of hydrogen-bond donors (Lipinski definition) is 0. The van der Waals surface area contributed by atoms with Gasteiger partial charge >= 0.3 is 5.97 Å². The summed E-state index contributed by atoms with van der Waals surface area (Å²) in [6, 6.07) is 11.5. The monoisotopic (exact) mass is 379 g/mol. The molecular weight excluding hydrogens is 358 g/mol. The fourth-order valence-corrected chi connectivity index (χ4v) is 2.73. The SMILES string of the molecule is COc1ccc(/C=C2N=C(/C=C/c3ccc(C)cc3)OC\2=O)c(OC)c1OC. The summed E-state index contributed by atoms with van der Waals surface area (Å²) in [5.74, 6) is 1.12. The van der Waals surface area contributed by atoms with E-state index in [0.29, 0.717) is 22.8 Å². The number of carbonyl (C=O) groups excluding carboxylic acids is 1. The molecular formula is C22H21NO5. The van der Waals surface area contributed by atoms with E-state index in [9.17, 15) is 4.79 Å². The smallest absolute Gasteiger partial charge is 0.363 e. The second kappa shape index (κ2) is 8.43. The first-order chi connectivity index (χ1) is 13.5. The molecule has 0 amide bonds. The molecule has 1 aliphatic heterocycles. The van der Waals surface area contributed by atoms with Crippen LogP contribution < -0.4 is 14.2 Å². The van der Waals surface area contributed by atoms with Gasteiger partial charge in [-0.15, -0.1) is 0 Å². The Balaban J connectivity index is 1.90. The summed E-state index contributed by atoms with van der Waals surface area (Å²) in [6.45, 7) is 2.02. The quantitative estimate of drug-likeness (QED) is 0.560. The number of aliphatic imine (C=N–C) groups is 1. The van der Waals surface area contributed by atoms with E-state index in [-0.39, 0.29) is 11.6 Å². The van der Waals surface area contributed by atoms with Crippen LogP contribution in [0.15, 0.2) is 53.2 Å². The van der Waals surface area contributed by atoms with Crippen LogP contribution in [0.25, 0.3) is 12.2 Å². The highest BCUT2D eigenvalue weighted by Gasteiger charge is 2.23. The molecule has 0 unspecified atom stereocenters. The van der Waals surface area contributed by atoms with Gasteiger partial charge in [0.25, 0.3) is 0 Å². The first-order valence-electron chi connectivity index (χ1n) is 8.62. The molecule has 0 atom stereocenters. The van der Waals surface area contributed by atoms with Crippen LogP contribution in [-0.2, 0) is 9.53 Å². The number of methoxy groups -OCH3 is 3. The Morgan fingerprint density at radius 3 is 2.25 bits per heavy atom. The van der Waals surface area contributed by atoms with Crippen molar-refractivity contribution in [2.24, 2.45) is 4.99 Å². The van der Waals surface area contributed by atoms with E-state index in [2.05, 4.69) is 4.99 Å². The van der Waals surface area contributed by atoms with Gasteiger partial charge in [-0.25, -0.2) is 9.79 Å². The average molecular weight is 379 g/mol. The number of nitrogens with zero attached hydrogens (tertiary/aromatic N) is 1. The lowest BCUT2D eigenvalue weighted by molar-refractivity contribution is -0.129. The Hall–Kier alpha value is -3.54. The van der Waals surface area contributed by atoms with Crippen LogP contribution in [-0.4, -0.2) is 33.2 Å². The summed E-state index contributed by atoms with van der Waals surface area (Å²) in [5.41, 5.74) is 2.97. The normalized spacial score (nSPS) is 14.9. The molecule has 0 saturated heterocycles. The lowest BCUT2D eigenvalue weighted by Crippen LogP contribution is -2.01. The van der Waals surface area contributed by atoms with Crippen LogP contribution in [0.4, 0.5) is 0 Å². The fourth-order valence-electron chi connectivity index (χ4n) is 2.73. The summed E-state index contributed by atoms with van der Waals surface area (Å²) in [4.78, 5) is 16.4. The zero-order valence-electron chi connectivity index (χ0n) is 16.2. The Labute approximate surface area is 163 Å². The van der Waals surface area contributed by atoms with E-state index in [4.69, 9.17) is 18.9 Å². The van der Waals surface area contributed by atoms with Crippen molar-refractivity contribution >= 4 is 24.0 Å². The molecule has 0 saturated carbocycles. The number of cyclic esters (lactones) is 1. The number of ether oxygens (including phenoxy) is 4. The van der Waals surface area contributed by atoms with Gasteiger partial charge in [0.2, 0.25) is 11.6 Å². The van der Waals surface area contributed by atoms with Gasteiger partial charge in [-0.2, -0.15) is 0 Å². The van der Waals surface area contributed by atoms with Crippen LogP contribution in [0.5, 0.6) is 17.2 Å². The molecule has 6 nitrogen and oxygen atoms in total. The van der Waals surface area contributed by atoms with Gasteiger partial charge in [0.1, 0.15) is 0 Å². The molecule has 6 heteroatoms. The maximum absolute atomic E-state index is 12.2. The van der Waals surface area contributed by atoms with Gasteiger partial charge in [0.15, 0.2) is 17.2 Å². The van der Waals surface area contributed by atoms with Gasteiger partial charge in [0, 0.05) is 11.6 Å². The van der Waals surface area contributed by atoms with Crippen molar-refractivity contribution in [1.29, 1.82) is 0 Å². The first kappa shape index (κ1) is 19.2. The largest absolute Gasteiger partial charge is 0.493 e. The first-order valence-corrected chi connectivity index (χ1v) is 8.62. The minimum atomic E-state index is -0.527. The van der Waals surface area contributed by atoms with Crippen molar-refractivity contribution in [1.82, 2.24) is 0 Å². The molecule has 1 aliphatic rings. The van der Waals surface area contributed by atoms with Crippen molar-refractivity contribution in [2.75, 3.05) is 21.3 Å². The molecule has 0 aliphatic carbocycles. The number of hydrogen-bond acceptors (Lipinski definition) is 6. The number of aryl methyl sites for hydroxylation is 1. The topological polar surface area (TPSA) is 66.4 Å². The van der Waals surface area contributed by atoms with Crippen LogP contribution in [0.3, 0.4) is 0 Å². The highest BCUT2D eigenvalue weighted by atomic mass is 16.6. The molecule has 0 aromatic heterocycles. The van der Waals surface area contributed by atoms with Crippen molar-refractivity contribution in [3.63, 3.8) is 0 Å². The van der Waals surface area contributed by atoms with E-state index in [1.165, 1.54) is 19.8 Å². The van der Waals surface area contributed by atoms with E-state index < -0.39 is 5.97 Å². The van der Waals surface area contributed by atoms with Crippen LogP contribution >= 0.6 is 0 Å². The van der Waals surface area contributed by atoms with E-state index in [1.807, 2.05) is 37.3 Å². The lowest BCUT2D eigenvalue weighted by Gasteiger charge is -2.14. The zero-order chi connectivity index (χ0) is 20.1. The summed E-state index contributed by atoms with van der Waals surface area (Å²) in [7, 11) is 4.58. The van der Waals surface area contributed by atoms with Gasteiger partial charge in [-0.1, -0.05) is 29.8 Å². The predicted molar refractivity (Wildman–Crippen MR) is 108 cm³/mol. The maximum atomic E-state index is 12.2. The van der Waals surface area contributed by atoms with Gasteiger partial charge < -0.3 is 18.9 Å². The van der Waals surface area contributed by atoms with E-state index >= 15 is 0 Å². The molecule has 0 spiro atoms. The number of rotatable bonds is 6. The van der Waals surface area contributed by atoms with Gasteiger partial charge in [0.05, 0.1) is 21.3 Å². The maximum Gasteiger partial charge on any atom is 0.363 e. The number of benzene rings is 2. The average Bonchev–Trinajstić information content (AvgIpc) is 3.06. The molecule has 28 heavy (non-hydrogen) atoms.